The number of ether oxygens (including phenoxy) is 1. The Hall–Kier alpha value is -2.89. The number of nitrogens with zero attached hydrogens (tertiary/aromatic N) is 3. The van der Waals surface area contributed by atoms with Gasteiger partial charge in [-0.2, -0.15) is 5.10 Å². The van der Waals surface area contributed by atoms with Crippen LogP contribution in [0, 0.1) is 0 Å². The summed E-state index contributed by atoms with van der Waals surface area (Å²) >= 11 is 0. The Bertz CT molecular complexity index is 780. The van der Waals surface area contributed by atoms with Gasteiger partial charge in [0.15, 0.2) is 23.0 Å². The Morgan fingerprint density at radius 3 is 3.10 bits per heavy atom. The fraction of sp³-hybridized carbons (Fsp3) is 0.0714. The highest BCUT2D eigenvalue weighted by Crippen LogP contribution is 2.26. The monoisotopic (exact) mass is 268 g/mol. The summed E-state index contributed by atoms with van der Waals surface area (Å²) in [5, 5.41) is 17.3. The van der Waals surface area contributed by atoms with Crippen molar-refractivity contribution < 1.29 is 9.84 Å². The molecule has 3 aromatic rings. The highest BCUT2D eigenvalue weighted by molar-refractivity contribution is 5.90. The van der Waals surface area contributed by atoms with Gasteiger partial charge in [0.2, 0.25) is 0 Å². The number of pyridine rings is 1. The predicted molar refractivity (Wildman–Crippen MR) is 75.8 cm³/mol. The zero-order chi connectivity index (χ0) is 13.9. The van der Waals surface area contributed by atoms with Crippen molar-refractivity contribution in [2.24, 2.45) is 4.99 Å². The van der Waals surface area contributed by atoms with E-state index in [4.69, 9.17) is 4.74 Å². The van der Waals surface area contributed by atoms with Crippen LogP contribution in [-0.2, 0) is 0 Å². The minimum atomic E-state index is 0.0964. The van der Waals surface area contributed by atoms with Crippen molar-refractivity contribution in [1.82, 2.24) is 15.2 Å². The molecule has 0 radical (unpaired) electrons. The maximum Gasteiger partial charge on any atom is 0.183 e. The molecule has 0 unspecified atom stereocenters. The molecule has 3 rings (SSSR count). The second-order valence-electron chi connectivity index (χ2n) is 4.14. The van der Waals surface area contributed by atoms with Gasteiger partial charge in [0, 0.05) is 12.4 Å². The van der Waals surface area contributed by atoms with Crippen LogP contribution >= 0.6 is 0 Å². The van der Waals surface area contributed by atoms with Gasteiger partial charge < -0.3 is 9.84 Å². The smallest absolute Gasteiger partial charge is 0.183 e. The second kappa shape index (κ2) is 5.00. The van der Waals surface area contributed by atoms with Crippen molar-refractivity contribution in [3.05, 3.63) is 42.1 Å². The minimum Gasteiger partial charge on any atom is -0.504 e. The van der Waals surface area contributed by atoms with Gasteiger partial charge in [-0.1, -0.05) is 0 Å². The predicted octanol–water partition coefficient (Wildman–Crippen LogP) is 2.42. The van der Waals surface area contributed by atoms with E-state index in [0.717, 1.165) is 10.9 Å². The molecule has 0 amide bonds. The van der Waals surface area contributed by atoms with Crippen LogP contribution < -0.4 is 4.74 Å². The molecular formula is C14H12N4O2. The molecule has 6 nitrogen and oxygen atoms in total. The molecule has 0 aliphatic heterocycles. The van der Waals surface area contributed by atoms with Crippen molar-refractivity contribution in [1.29, 1.82) is 0 Å². The largest absolute Gasteiger partial charge is 0.504 e. The summed E-state index contributed by atoms with van der Waals surface area (Å²) in [4.78, 5) is 8.48. The molecule has 0 aliphatic carbocycles. The van der Waals surface area contributed by atoms with Crippen LogP contribution in [0.4, 0.5) is 5.82 Å². The molecule has 6 heteroatoms. The van der Waals surface area contributed by atoms with Gasteiger partial charge >= 0.3 is 0 Å². The van der Waals surface area contributed by atoms with E-state index in [2.05, 4.69) is 20.2 Å². The van der Waals surface area contributed by atoms with Crippen LogP contribution in [0.2, 0.25) is 0 Å². The van der Waals surface area contributed by atoms with Crippen molar-refractivity contribution in [3.63, 3.8) is 0 Å². The van der Waals surface area contributed by atoms with Crippen molar-refractivity contribution >= 4 is 23.1 Å². The molecule has 1 aromatic carbocycles. The summed E-state index contributed by atoms with van der Waals surface area (Å²) in [6.45, 7) is 0. The molecule has 2 heterocycles. The van der Waals surface area contributed by atoms with E-state index in [0.29, 0.717) is 17.2 Å². The molecule has 20 heavy (non-hydrogen) atoms. The molecule has 100 valence electrons. The summed E-state index contributed by atoms with van der Waals surface area (Å²) in [6, 6.07) is 8.74. The first-order valence-corrected chi connectivity index (χ1v) is 5.98. The first-order valence-electron chi connectivity index (χ1n) is 5.98. The Morgan fingerprint density at radius 2 is 2.25 bits per heavy atom. The van der Waals surface area contributed by atoms with Gasteiger partial charge in [-0.05, 0) is 35.9 Å². The summed E-state index contributed by atoms with van der Waals surface area (Å²) in [6.07, 6.45) is 3.35. The summed E-state index contributed by atoms with van der Waals surface area (Å²) in [5.74, 6) is 1.07. The van der Waals surface area contributed by atoms with E-state index in [1.807, 2.05) is 12.1 Å². The van der Waals surface area contributed by atoms with E-state index < -0.39 is 0 Å². The Kier molecular flexibility index (Phi) is 3.04. The third kappa shape index (κ3) is 2.18. The summed E-state index contributed by atoms with van der Waals surface area (Å²) < 4.78 is 5.05. The number of rotatable bonds is 3. The highest BCUT2D eigenvalue weighted by Gasteiger charge is 2.04. The lowest BCUT2D eigenvalue weighted by Gasteiger charge is -2.03. The number of aromatic amines is 1. The number of hydrogen-bond donors (Lipinski definition) is 2. The van der Waals surface area contributed by atoms with Gasteiger partial charge in [-0.25, -0.2) is 9.98 Å². The van der Waals surface area contributed by atoms with Gasteiger partial charge in [0.1, 0.15) is 0 Å². The van der Waals surface area contributed by atoms with E-state index >= 15 is 0 Å². The normalized spacial score (nSPS) is 11.2. The molecule has 0 atom stereocenters. The lowest BCUT2D eigenvalue weighted by molar-refractivity contribution is 0.373. The van der Waals surface area contributed by atoms with Crippen molar-refractivity contribution in [3.8, 4) is 11.5 Å². The number of benzene rings is 1. The molecule has 0 aliphatic rings. The molecule has 2 aromatic heterocycles. The lowest BCUT2D eigenvalue weighted by atomic mass is 10.2. The summed E-state index contributed by atoms with van der Waals surface area (Å²) in [5.41, 5.74) is 1.50. The average Bonchev–Trinajstić information content (AvgIpc) is 2.90. The first kappa shape index (κ1) is 12.2. The Balaban J connectivity index is 1.94. The van der Waals surface area contributed by atoms with Crippen LogP contribution in [0.1, 0.15) is 5.56 Å². The standard InChI is InChI=1S/C14H12N4O2/c1-20-12-7-9(4-5-11(12)19)8-16-14-10-3-2-6-15-13(10)17-18-14/h2-8,19H,1H3,(H,15,17,18). The number of phenols is 1. The van der Waals surface area contributed by atoms with E-state index in [9.17, 15) is 5.11 Å². The third-order valence-electron chi connectivity index (χ3n) is 2.86. The van der Waals surface area contributed by atoms with Crippen LogP contribution in [0.25, 0.3) is 11.0 Å². The maximum atomic E-state index is 9.53. The number of aromatic hydroxyl groups is 1. The Morgan fingerprint density at radius 1 is 1.35 bits per heavy atom. The van der Waals surface area contributed by atoms with Crippen LogP contribution in [0.3, 0.4) is 0 Å². The van der Waals surface area contributed by atoms with E-state index in [1.165, 1.54) is 7.11 Å². The molecule has 0 spiro atoms. The highest BCUT2D eigenvalue weighted by atomic mass is 16.5. The molecule has 0 saturated heterocycles. The number of phenolic OH excluding ortho intramolecular Hbond substituents is 1. The number of fused-ring (bicyclic) bond motifs is 1. The minimum absolute atomic E-state index is 0.0964. The van der Waals surface area contributed by atoms with Crippen molar-refractivity contribution in [2.45, 2.75) is 0 Å². The average molecular weight is 268 g/mol. The number of nitrogens with one attached hydrogen (secondary N) is 1. The van der Waals surface area contributed by atoms with Crippen LogP contribution in [0.15, 0.2) is 41.5 Å². The number of aromatic nitrogens is 3. The zero-order valence-electron chi connectivity index (χ0n) is 10.7. The van der Waals surface area contributed by atoms with Gasteiger partial charge in [-0.3, -0.25) is 5.10 Å². The van der Waals surface area contributed by atoms with Gasteiger partial charge in [0.05, 0.1) is 12.5 Å². The number of hydrogen-bond acceptors (Lipinski definition) is 5. The number of methoxy groups -OCH3 is 1. The SMILES string of the molecule is COc1cc(C=Nc2n[nH]c3ncccc23)ccc1O. The number of aliphatic imine (C=N–C) groups is 1. The number of H-pyrrole nitrogens is 1. The first-order chi connectivity index (χ1) is 9.78. The molecule has 0 fully saturated rings. The third-order valence-corrected chi connectivity index (χ3v) is 2.86. The molecule has 2 N–H and O–H groups in total. The van der Waals surface area contributed by atoms with E-state index in [-0.39, 0.29) is 5.75 Å². The van der Waals surface area contributed by atoms with Gasteiger partial charge in [-0.15, -0.1) is 0 Å². The molecular weight excluding hydrogens is 256 g/mol. The molecule has 0 saturated carbocycles. The topological polar surface area (TPSA) is 83.4 Å². The van der Waals surface area contributed by atoms with Crippen molar-refractivity contribution in [2.75, 3.05) is 7.11 Å². The summed E-state index contributed by atoms with van der Waals surface area (Å²) in [7, 11) is 1.50. The Labute approximate surface area is 114 Å². The fourth-order valence-electron chi connectivity index (χ4n) is 1.85. The zero-order valence-corrected chi connectivity index (χ0v) is 10.7. The van der Waals surface area contributed by atoms with Crippen LogP contribution in [-0.4, -0.2) is 33.6 Å². The van der Waals surface area contributed by atoms with Gasteiger partial charge in [0.25, 0.3) is 0 Å². The van der Waals surface area contributed by atoms with Crippen LogP contribution in [0.5, 0.6) is 11.5 Å². The van der Waals surface area contributed by atoms with E-state index in [1.54, 1.807) is 30.6 Å². The second-order valence-corrected chi connectivity index (χ2v) is 4.14. The lowest BCUT2D eigenvalue weighted by Crippen LogP contribution is -1.87. The maximum absolute atomic E-state index is 9.53. The molecule has 0 bridgehead atoms. The quantitative estimate of drug-likeness (QED) is 0.714. The fourth-order valence-corrected chi connectivity index (χ4v) is 1.85.